The second kappa shape index (κ2) is 10.7. The first kappa shape index (κ1) is 17.8. The van der Waals surface area contributed by atoms with Crippen LogP contribution < -0.4 is 10.0 Å². The molecule has 0 atom stereocenters. The highest BCUT2D eigenvalue weighted by molar-refractivity contribution is 7.89. The lowest BCUT2D eigenvalue weighted by Gasteiger charge is -2.19. The fraction of sp³-hybridized carbons (Fsp3) is 1.00. The number of nitrogens with zero attached hydrogens (tertiary/aromatic N) is 1. The second-order valence-electron chi connectivity index (χ2n) is 4.46. The van der Waals surface area contributed by atoms with Crippen molar-refractivity contribution < 1.29 is 8.42 Å². The molecule has 5 nitrogen and oxygen atoms in total. The SMILES string of the molecule is CCCN(CC)CCNS(=O)(=O)CCCCNC. The largest absolute Gasteiger partial charge is 0.320 e. The van der Waals surface area contributed by atoms with Crippen LogP contribution in [0.15, 0.2) is 0 Å². The summed E-state index contributed by atoms with van der Waals surface area (Å²) in [5.41, 5.74) is 0. The van der Waals surface area contributed by atoms with E-state index in [2.05, 4.69) is 28.8 Å². The van der Waals surface area contributed by atoms with Crippen molar-refractivity contribution in [2.45, 2.75) is 33.1 Å². The Balaban J connectivity index is 3.75. The van der Waals surface area contributed by atoms with Crippen LogP contribution in [0.5, 0.6) is 0 Å². The Morgan fingerprint density at radius 1 is 1.06 bits per heavy atom. The minimum absolute atomic E-state index is 0.231. The summed E-state index contributed by atoms with van der Waals surface area (Å²) >= 11 is 0. The average Bonchev–Trinajstić information content (AvgIpc) is 2.33. The minimum Gasteiger partial charge on any atom is -0.320 e. The Labute approximate surface area is 112 Å². The highest BCUT2D eigenvalue weighted by Crippen LogP contribution is 1.94. The summed E-state index contributed by atoms with van der Waals surface area (Å²) in [4.78, 5) is 2.25. The van der Waals surface area contributed by atoms with Gasteiger partial charge in [0.1, 0.15) is 0 Å². The van der Waals surface area contributed by atoms with E-state index in [1.165, 1.54) is 0 Å². The van der Waals surface area contributed by atoms with Crippen LogP contribution in [-0.2, 0) is 10.0 Å². The highest BCUT2D eigenvalue weighted by Gasteiger charge is 2.09. The topological polar surface area (TPSA) is 61.4 Å². The molecule has 0 unspecified atom stereocenters. The van der Waals surface area contributed by atoms with E-state index in [1.54, 1.807) is 0 Å². The maximum atomic E-state index is 11.7. The molecule has 0 rings (SSSR count). The molecule has 0 amide bonds. The molecule has 0 aliphatic heterocycles. The first-order valence-corrected chi connectivity index (χ1v) is 8.55. The number of sulfonamides is 1. The van der Waals surface area contributed by atoms with Crippen LogP contribution in [0.1, 0.15) is 33.1 Å². The van der Waals surface area contributed by atoms with Crippen LogP contribution in [0, 0.1) is 0 Å². The Kier molecular flexibility index (Phi) is 10.6. The van der Waals surface area contributed by atoms with Gasteiger partial charge < -0.3 is 10.2 Å². The van der Waals surface area contributed by atoms with E-state index >= 15 is 0 Å². The molecule has 0 bridgehead atoms. The van der Waals surface area contributed by atoms with E-state index < -0.39 is 10.0 Å². The summed E-state index contributed by atoms with van der Waals surface area (Å²) in [6.07, 6.45) is 2.71. The first-order valence-electron chi connectivity index (χ1n) is 6.90. The third-order valence-electron chi connectivity index (χ3n) is 2.83. The van der Waals surface area contributed by atoms with Crippen molar-refractivity contribution in [2.75, 3.05) is 45.5 Å². The Morgan fingerprint density at radius 3 is 2.33 bits per heavy atom. The summed E-state index contributed by atoms with van der Waals surface area (Å²) in [7, 11) is -1.21. The van der Waals surface area contributed by atoms with Gasteiger partial charge in [-0.05, 0) is 45.9 Å². The van der Waals surface area contributed by atoms with Crippen molar-refractivity contribution in [2.24, 2.45) is 0 Å². The summed E-state index contributed by atoms with van der Waals surface area (Å²) in [6.45, 7) is 8.41. The van der Waals surface area contributed by atoms with Crippen molar-refractivity contribution in [3.8, 4) is 0 Å². The molecule has 0 radical (unpaired) electrons. The van der Waals surface area contributed by atoms with Gasteiger partial charge in [0, 0.05) is 13.1 Å². The van der Waals surface area contributed by atoms with Gasteiger partial charge in [-0.25, -0.2) is 13.1 Å². The van der Waals surface area contributed by atoms with Crippen LogP contribution >= 0.6 is 0 Å². The molecule has 2 N–H and O–H groups in total. The lowest BCUT2D eigenvalue weighted by atomic mass is 10.3. The average molecular weight is 279 g/mol. The van der Waals surface area contributed by atoms with Crippen molar-refractivity contribution in [3.05, 3.63) is 0 Å². The molecule has 0 aliphatic rings. The zero-order chi connectivity index (χ0) is 13.9. The molecule has 18 heavy (non-hydrogen) atoms. The molecule has 0 fully saturated rings. The molecule has 6 heteroatoms. The molecule has 110 valence electrons. The minimum atomic E-state index is -3.09. The fourth-order valence-corrected chi connectivity index (χ4v) is 2.90. The molecule has 0 aliphatic carbocycles. The van der Waals surface area contributed by atoms with Crippen molar-refractivity contribution in [3.63, 3.8) is 0 Å². The predicted octanol–water partition coefficient (Wildman–Crippen LogP) is 0.637. The zero-order valence-corrected chi connectivity index (χ0v) is 12.9. The van der Waals surface area contributed by atoms with E-state index in [-0.39, 0.29) is 5.75 Å². The number of unbranched alkanes of at least 4 members (excludes halogenated alkanes) is 1. The molecule has 0 aromatic carbocycles. The van der Waals surface area contributed by atoms with Gasteiger partial charge in [-0.2, -0.15) is 0 Å². The normalized spacial score (nSPS) is 12.2. The first-order chi connectivity index (χ1) is 8.55. The maximum Gasteiger partial charge on any atom is 0.211 e. The molecule has 0 spiro atoms. The highest BCUT2D eigenvalue weighted by atomic mass is 32.2. The molecule has 0 heterocycles. The number of hydrogen-bond donors (Lipinski definition) is 2. The van der Waals surface area contributed by atoms with Crippen LogP contribution in [0.4, 0.5) is 0 Å². The fourth-order valence-electron chi connectivity index (χ4n) is 1.77. The van der Waals surface area contributed by atoms with Gasteiger partial charge in [-0.1, -0.05) is 13.8 Å². The molecule has 0 saturated heterocycles. The number of likely N-dealkylation sites (N-methyl/N-ethyl adjacent to an activating group) is 1. The Bertz CT molecular complexity index is 281. The Hall–Kier alpha value is -0.170. The molecular formula is C12H29N3O2S. The predicted molar refractivity (Wildman–Crippen MR) is 77.4 cm³/mol. The van der Waals surface area contributed by atoms with Crippen molar-refractivity contribution in [1.82, 2.24) is 14.9 Å². The van der Waals surface area contributed by atoms with Gasteiger partial charge in [0.2, 0.25) is 10.0 Å². The molecule has 0 saturated carbocycles. The third kappa shape index (κ3) is 9.82. The lowest BCUT2D eigenvalue weighted by molar-refractivity contribution is 0.293. The standard InChI is InChI=1S/C12H29N3O2S/c1-4-10-15(5-2)11-9-14-18(16,17)12-7-6-8-13-3/h13-14H,4-12H2,1-3H3. The Morgan fingerprint density at radius 2 is 1.78 bits per heavy atom. The monoisotopic (exact) mass is 279 g/mol. The zero-order valence-electron chi connectivity index (χ0n) is 12.0. The van der Waals surface area contributed by atoms with Gasteiger partial charge in [0.05, 0.1) is 5.75 Å². The second-order valence-corrected chi connectivity index (χ2v) is 6.38. The van der Waals surface area contributed by atoms with Crippen LogP contribution in [-0.4, -0.2) is 58.8 Å². The summed E-state index contributed by atoms with van der Waals surface area (Å²) < 4.78 is 26.0. The summed E-state index contributed by atoms with van der Waals surface area (Å²) in [5, 5.41) is 3.01. The van der Waals surface area contributed by atoms with Crippen LogP contribution in [0.2, 0.25) is 0 Å². The maximum absolute atomic E-state index is 11.7. The molecular weight excluding hydrogens is 250 g/mol. The van der Waals surface area contributed by atoms with Gasteiger partial charge in [0.15, 0.2) is 0 Å². The van der Waals surface area contributed by atoms with E-state index in [4.69, 9.17) is 0 Å². The van der Waals surface area contributed by atoms with Crippen molar-refractivity contribution in [1.29, 1.82) is 0 Å². The lowest BCUT2D eigenvalue weighted by Crippen LogP contribution is -2.36. The third-order valence-corrected chi connectivity index (χ3v) is 4.30. The van der Waals surface area contributed by atoms with Crippen LogP contribution in [0.25, 0.3) is 0 Å². The molecule has 0 aromatic heterocycles. The summed E-state index contributed by atoms with van der Waals surface area (Å²) in [6, 6.07) is 0. The van der Waals surface area contributed by atoms with Gasteiger partial charge in [-0.3, -0.25) is 0 Å². The van der Waals surface area contributed by atoms with E-state index in [1.807, 2.05) is 7.05 Å². The van der Waals surface area contributed by atoms with Gasteiger partial charge >= 0.3 is 0 Å². The number of nitrogens with one attached hydrogen (secondary N) is 2. The van der Waals surface area contributed by atoms with Crippen molar-refractivity contribution >= 4 is 10.0 Å². The summed E-state index contributed by atoms with van der Waals surface area (Å²) in [5.74, 6) is 0.231. The number of rotatable bonds is 12. The van der Waals surface area contributed by atoms with Crippen LogP contribution in [0.3, 0.4) is 0 Å². The van der Waals surface area contributed by atoms with E-state index in [9.17, 15) is 8.42 Å². The quantitative estimate of drug-likeness (QED) is 0.515. The smallest absolute Gasteiger partial charge is 0.211 e. The molecule has 0 aromatic rings. The van der Waals surface area contributed by atoms with E-state index in [0.29, 0.717) is 13.0 Å². The van der Waals surface area contributed by atoms with Gasteiger partial charge in [-0.15, -0.1) is 0 Å². The van der Waals surface area contributed by atoms with Gasteiger partial charge in [0.25, 0.3) is 0 Å². The number of hydrogen-bond acceptors (Lipinski definition) is 4. The van der Waals surface area contributed by atoms with E-state index in [0.717, 1.165) is 39.0 Å².